The monoisotopic (exact) mass is 522 g/mol. The summed E-state index contributed by atoms with van der Waals surface area (Å²) in [5.41, 5.74) is 4.50. The van der Waals surface area contributed by atoms with Gasteiger partial charge in [0.1, 0.15) is 5.75 Å². The number of aromatic nitrogens is 2. The number of halogens is 1. The van der Waals surface area contributed by atoms with Gasteiger partial charge in [-0.1, -0.05) is 52.0 Å². The average Bonchev–Trinajstić information content (AvgIpc) is 2.82. The molecule has 0 atom stereocenters. The summed E-state index contributed by atoms with van der Waals surface area (Å²) in [6, 6.07) is 21.2. The van der Waals surface area contributed by atoms with Crippen molar-refractivity contribution in [3.63, 3.8) is 0 Å². The van der Waals surface area contributed by atoms with Crippen molar-refractivity contribution in [1.82, 2.24) is 15.0 Å². The maximum absolute atomic E-state index is 13.2. The first-order valence-corrected chi connectivity index (χ1v) is 11.7. The molecule has 1 amide bonds. The van der Waals surface area contributed by atoms with E-state index in [0.29, 0.717) is 33.0 Å². The quantitative estimate of drug-likeness (QED) is 0.168. The summed E-state index contributed by atoms with van der Waals surface area (Å²) in [5, 5.41) is 14.9. The molecule has 1 aromatic heterocycles. The van der Waals surface area contributed by atoms with Crippen molar-refractivity contribution in [3.05, 3.63) is 93.2 Å². The lowest BCUT2D eigenvalue weighted by molar-refractivity contribution is -0.118. The predicted molar refractivity (Wildman–Crippen MR) is 134 cm³/mol. The number of carbonyl (C=O) groups is 1. The lowest BCUT2D eigenvalue weighted by Gasteiger charge is -2.13. The molecule has 166 valence electrons. The fourth-order valence-corrected chi connectivity index (χ4v) is 4.24. The van der Waals surface area contributed by atoms with E-state index in [9.17, 15) is 14.7 Å². The highest BCUT2D eigenvalue weighted by molar-refractivity contribution is 9.10. The molecule has 0 aliphatic rings. The normalized spacial score (nSPS) is 11.5. The molecule has 3 aromatic carbocycles. The lowest BCUT2D eigenvalue weighted by atomic mass is 10.1. The number of hydrogen-bond acceptors (Lipinski definition) is 6. The van der Waals surface area contributed by atoms with E-state index in [-0.39, 0.29) is 23.0 Å². The summed E-state index contributed by atoms with van der Waals surface area (Å²) in [7, 11) is 0. The third-order valence-corrected chi connectivity index (χ3v) is 6.27. The molecule has 2 N–H and O–H groups in total. The van der Waals surface area contributed by atoms with Crippen LogP contribution in [0.2, 0.25) is 0 Å². The molecular weight excluding hydrogens is 504 g/mol. The lowest BCUT2D eigenvalue weighted by Crippen LogP contribution is -2.24. The van der Waals surface area contributed by atoms with Gasteiger partial charge in [0.05, 0.1) is 28.1 Å². The van der Waals surface area contributed by atoms with Crippen LogP contribution in [0.1, 0.15) is 12.5 Å². The van der Waals surface area contributed by atoms with E-state index in [2.05, 4.69) is 31.4 Å². The van der Waals surface area contributed by atoms with Crippen molar-refractivity contribution in [2.75, 3.05) is 5.75 Å². The van der Waals surface area contributed by atoms with E-state index in [1.54, 1.807) is 49.4 Å². The zero-order chi connectivity index (χ0) is 23.4. The first-order chi connectivity index (χ1) is 15.9. The van der Waals surface area contributed by atoms with Gasteiger partial charge in [0.25, 0.3) is 11.5 Å². The van der Waals surface area contributed by atoms with Gasteiger partial charge < -0.3 is 5.11 Å². The number of aromatic hydroxyl groups is 1. The predicted octanol–water partition coefficient (Wildman–Crippen LogP) is 4.49. The van der Waals surface area contributed by atoms with Gasteiger partial charge in [-0.2, -0.15) is 5.10 Å². The molecule has 0 bridgehead atoms. The summed E-state index contributed by atoms with van der Waals surface area (Å²) < 4.78 is 2.39. The number of amides is 1. The van der Waals surface area contributed by atoms with Crippen molar-refractivity contribution in [2.45, 2.75) is 12.1 Å². The van der Waals surface area contributed by atoms with Gasteiger partial charge >= 0.3 is 0 Å². The maximum Gasteiger partial charge on any atom is 0.266 e. The summed E-state index contributed by atoms with van der Waals surface area (Å²) in [4.78, 5) is 30.3. The molecule has 0 fully saturated rings. The number of carbonyl (C=O) groups excluding carboxylic acids is 1. The highest BCUT2D eigenvalue weighted by atomic mass is 79.9. The van der Waals surface area contributed by atoms with Crippen molar-refractivity contribution >= 4 is 50.2 Å². The number of benzene rings is 3. The number of thioether (sulfide) groups is 1. The highest BCUT2D eigenvalue weighted by Gasteiger charge is 2.15. The van der Waals surface area contributed by atoms with Crippen molar-refractivity contribution in [2.24, 2.45) is 5.10 Å². The molecule has 4 aromatic rings. The number of fused-ring (bicyclic) bond motifs is 1. The average molecular weight is 523 g/mol. The zero-order valence-electron chi connectivity index (χ0n) is 17.5. The Hall–Kier alpha value is -3.43. The summed E-state index contributed by atoms with van der Waals surface area (Å²) >= 11 is 4.55. The second-order valence-corrected chi connectivity index (χ2v) is 8.92. The second kappa shape index (κ2) is 10.0. The summed E-state index contributed by atoms with van der Waals surface area (Å²) in [6.45, 7) is 1.69. The van der Waals surface area contributed by atoms with Gasteiger partial charge in [0, 0.05) is 10.0 Å². The molecule has 0 unspecified atom stereocenters. The molecule has 1 heterocycles. The standard InChI is InChI=1S/C24H19BrN4O3S/c1-15(18-6-3-5-9-21(18)30)27-28-22(31)14-33-24-26-20-8-4-2-7-19(20)23(32)29(24)17-12-10-16(25)11-13-17/h2-13,30H,14H2,1H3,(H,28,31). The molecule has 4 rings (SSSR count). The topological polar surface area (TPSA) is 96.6 Å². The molecule has 0 saturated heterocycles. The molecule has 9 heteroatoms. The second-order valence-electron chi connectivity index (χ2n) is 7.07. The maximum atomic E-state index is 13.2. The van der Waals surface area contributed by atoms with Crippen molar-refractivity contribution in [1.29, 1.82) is 0 Å². The zero-order valence-corrected chi connectivity index (χ0v) is 19.9. The Labute approximate surface area is 202 Å². The van der Waals surface area contributed by atoms with Gasteiger partial charge in [-0.05, 0) is 55.5 Å². The Balaban J connectivity index is 1.59. The van der Waals surface area contributed by atoms with Crippen molar-refractivity contribution < 1.29 is 9.90 Å². The number of nitrogens with zero attached hydrogens (tertiary/aromatic N) is 3. The van der Waals surface area contributed by atoms with Crippen LogP contribution in [0.15, 0.2) is 92.3 Å². The number of phenols is 1. The minimum Gasteiger partial charge on any atom is -0.507 e. The number of hydrazone groups is 1. The number of hydrogen-bond donors (Lipinski definition) is 2. The molecule has 0 saturated carbocycles. The van der Waals surface area contributed by atoms with E-state index < -0.39 is 0 Å². The van der Waals surface area contributed by atoms with Crippen LogP contribution >= 0.6 is 27.7 Å². The Bertz CT molecular complexity index is 1420. The van der Waals surface area contributed by atoms with E-state index in [4.69, 9.17) is 0 Å². The minimum atomic E-state index is -0.362. The van der Waals surface area contributed by atoms with Gasteiger partial charge in [0.2, 0.25) is 0 Å². The van der Waals surface area contributed by atoms with Gasteiger partial charge in [-0.25, -0.2) is 10.4 Å². The fourth-order valence-electron chi connectivity index (χ4n) is 3.18. The first-order valence-electron chi connectivity index (χ1n) is 9.96. The molecular formula is C24H19BrN4O3S. The smallest absolute Gasteiger partial charge is 0.266 e. The molecule has 7 nitrogen and oxygen atoms in total. The van der Waals surface area contributed by atoms with E-state index in [1.165, 1.54) is 4.57 Å². The molecule has 0 radical (unpaired) electrons. The van der Waals surface area contributed by atoms with E-state index in [0.717, 1.165) is 16.2 Å². The van der Waals surface area contributed by atoms with Crippen LogP contribution in [0.25, 0.3) is 16.6 Å². The number of rotatable bonds is 6. The SMILES string of the molecule is CC(=NNC(=O)CSc1nc2ccccc2c(=O)n1-c1ccc(Br)cc1)c1ccccc1O. The van der Waals surface area contributed by atoms with Crippen LogP contribution in [0.3, 0.4) is 0 Å². The van der Waals surface area contributed by atoms with Crippen LogP contribution in [0, 0.1) is 0 Å². The Morgan fingerprint density at radius 2 is 1.79 bits per heavy atom. The van der Waals surface area contributed by atoms with Crippen LogP contribution in [0.5, 0.6) is 5.75 Å². The fraction of sp³-hybridized carbons (Fsp3) is 0.0833. The number of phenolic OH excluding ortho intramolecular Hbond substituents is 1. The largest absolute Gasteiger partial charge is 0.507 e. The Morgan fingerprint density at radius 1 is 1.09 bits per heavy atom. The Kier molecular flexibility index (Phi) is 6.90. The number of nitrogens with one attached hydrogen (secondary N) is 1. The van der Waals surface area contributed by atoms with E-state index in [1.807, 2.05) is 30.3 Å². The molecule has 33 heavy (non-hydrogen) atoms. The minimum absolute atomic E-state index is 0.00113. The van der Waals surface area contributed by atoms with Crippen LogP contribution < -0.4 is 11.0 Å². The molecule has 0 aliphatic heterocycles. The summed E-state index contributed by atoms with van der Waals surface area (Å²) in [6.07, 6.45) is 0. The van der Waals surface area contributed by atoms with Crippen LogP contribution in [0.4, 0.5) is 0 Å². The van der Waals surface area contributed by atoms with Gasteiger partial charge in [0.15, 0.2) is 5.16 Å². The van der Waals surface area contributed by atoms with E-state index >= 15 is 0 Å². The van der Waals surface area contributed by atoms with Crippen LogP contribution in [-0.2, 0) is 4.79 Å². The summed E-state index contributed by atoms with van der Waals surface area (Å²) in [5.74, 6) is -0.278. The van der Waals surface area contributed by atoms with Gasteiger partial charge in [-0.15, -0.1) is 0 Å². The first kappa shape index (κ1) is 22.8. The Morgan fingerprint density at radius 3 is 2.55 bits per heavy atom. The third-order valence-electron chi connectivity index (χ3n) is 4.80. The van der Waals surface area contributed by atoms with Crippen molar-refractivity contribution in [3.8, 4) is 11.4 Å². The molecule has 0 aliphatic carbocycles. The van der Waals surface area contributed by atoms with Crippen LogP contribution in [-0.4, -0.2) is 32.0 Å². The third kappa shape index (κ3) is 5.15. The molecule has 0 spiro atoms. The number of para-hydroxylation sites is 2. The highest BCUT2D eigenvalue weighted by Crippen LogP contribution is 2.22. The van der Waals surface area contributed by atoms with Gasteiger partial charge in [-0.3, -0.25) is 14.2 Å².